The lowest BCUT2D eigenvalue weighted by Crippen LogP contribution is -2.41. The van der Waals surface area contributed by atoms with E-state index in [0.29, 0.717) is 11.7 Å². The van der Waals surface area contributed by atoms with Crippen molar-refractivity contribution in [3.8, 4) is 0 Å². The Labute approximate surface area is 222 Å². The molecule has 0 aliphatic carbocycles. The van der Waals surface area contributed by atoms with Crippen LogP contribution in [-0.2, 0) is 20.9 Å². The molecule has 2 aliphatic heterocycles. The molecule has 2 saturated heterocycles. The van der Waals surface area contributed by atoms with Crippen LogP contribution in [-0.4, -0.2) is 0 Å². The van der Waals surface area contributed by atoms with Crippen LogP contribution >= 0.6 is 0 Å². The number of hydrogen-bond donors (Lipinski definition) is 0. The van der Waals surface area contributed by atoms with Gasteiger partial charge < -0.3 is 9.47 Å². The van der Waals surface area contributed by atoms with Crippen LogP contribution in [0.25, 0.3) is 43.1 Å². The number of benzene rings is 6. The van der Waals surface area contributed by atoms with Gasteiger partial charge >= 0.3 is 0 Å². The van der Waals surface area contributed by atoms with Crippen molar-refractivity contribution in [2.75, 3.05) is 0 Å². The fraction of sp³-hybridized carbons (Fsp3) is 0.167. The van der Waals surface area contributed by atoms with Crippen molar-refractivity contribution < 1.29 is 9.47 Å². The van der Waals surface area contributed by atoms with Gasteiger partial charge in [0.1, 0.15) is 5.76 Å². The highest BCUT2D eigenvalue weighted by Gasteiger charge is 2.60. The Bertz CT molecular complexity index is 1940. The summed E-state index contributed by atoms with van der Waals surface area (Å²) in [5.41, 5.74) is 1.50. The Morgan fingerprint density at radius 2 is 1.13 bits per heavy atom. The van der Waals surface area contributed by atoms with Crippen LogP contribution in [0.4, 0.5) is 0 Å². The highest BCUT2D eigenvalue weighted by Crippen LogP contribution is 2.60. The Balaban J connectivity index is 1.26. The first-order chi connectivity index (χ1) is 18.5. The number of ether oxygens (including phenoxy) is 2. The zero-order chi connectivity index (χ0) is 25.5. The highest BCUT2D eigenvalue weighted by atomic mass is 16.8. The lowest BCUT2D eigenvalue weighted by Gasteiger charge is -2.40. The maximum Gasteiger partial charge on any atom is 0.238 e. The van der Waals surface area contributed by atoms with Crippen LogP contribution < -0.4 is 0 Å². The van der Waals surface area contributed by atoms with Crippen molar-refractivity contribution in [1.82, 2.24) is 0 Å². The molecule has 2 fully saturated rings. The average Bonchev–Trinajstić information content (AvgIpc) is 3.18. The predicted octanol–water partition coefficient (Wildman–Crippen LogP) is 9.34. The molecule has 0 aromatic heterocycles. The first kappa shape index (κ1) is 21.9. The van der Waals surface area contributed by atoms with Crippen molar-refractivity contribution in [2.45, 2.75) is 31.2 Å². The van der Waals surface area contributed by atoms with E-state index >= 15 is 0 Å². The fourth-order valence-corrected chi connectivity index (χ4v) is 6.99. The first-order valence-electron chi connectivity index (χ1n) is 13.5. The second-order valence-electron chi connectivity index (χ2n) is 11.2. The molecule has 2 heteroatoms. The van der Waals surface area contributed by atoms with Gasteiger partial charge in [-0.1, -0.05) is 111 Å². The van der Waals surface area contributed by atoms with E-state index in [1.54, 1.807) is 0 Å². The average molecular weight is 493 g/mol. The molecule has 6 aromatic carbocycles. The quantitative estimate of drug-likeness (QED) is 0.224. The molecule has 0 N–H and O–H groups in total. The largest absolute Gasteiger partial charge is 0.459 e. The molecule has 0 amide bonds. The van der Waals surface area contributed by atoms with Gasteiger partial charge in [-0.25, -0.2) is 0 Å². The van der Waals surface area contributed by atoms with Crippen LogP contribution in [0.3, 0.4) is 0 Å². The van der Waals surface area contributed by atoms with E-state index in [1.807, 2.05) is 0 Å². The molecule has 2 nitrogen and oxygen atoms in total. The summed E-state index contributed by atoms with van der Waals surface area (Å²) in [6, 6.07) is 39.3. The summed E-state index contributed by atoms with van der Waals surface area (Å²) in [6.45, 7) is 6.74. The van der Waals surface area contributed by atoms with E-state index in [2.05, 4.69) is 123 Å². The second-order valence-corrected chi connectivity index (χ2v) is 11.2. The van der Waals surface area contributed by atoms with Gasteiger partial charge in [0.15, 0.2) is 5.60 Å². The monoisotopic (exact) mass is 492 g/mol. The molecule has 0 radical (unpaired) electrons. The number of rotatable bonds is 2. The van der Waals surface area contributed by atoms with Gasteiger partial charge in [0, 0.05) is 12.0 Å². The molecule has 3 atom stereocenters. The van der Waals surface area contributed by atoms with Gasteiger partial charge in [-0.15, -0.1) is 0 Å². The van der Waals surface area contributed by atoms with Crippen LogP contribution in [0, 0.1) is 5.92 Å². The lowest BCUT2D eigenvalue weighted by atomic mass is 9.78. The molecule has 3 unspecified atom stereocenters. The third kappa shape index (κ3) is 2.98. The van der Waals surface area contributed by atoms with Crippen molar-refractivity contribution in [1.29, 1.82) is 0 Å². The van der Waals surface area contributed by atoms with Crippen molar-refractivity contribution >= 4 is 43.1 Å². The van der Waals surface area contributed by atoms with Gasteiger partial charge in [0.2, 0.25) is 5.79 Å². The molecular formula is C36H28O2. The molecule has 8 rings (SSSR count). The van der Waals surface area contributed by atoms with Crippen molar-refractivity contribution in [3.63, 3.8) is 0 Å². The topological polar surface area (TPSA) is 18.5 Å². The van der Waals surface area contributed by atoms with E-state index in [-0.39, 0.29) is 0 Å². The molecule has 184 valence electrons. The molecule has 0 spiro atoms. The van der Waals surface area contributed by atoms with Gasteiger partial charge in [-0.05, 0) is 73.1 Å². The van der Waals surface area contributed by atoms with E-state index in [0.717, 1.165) is 24.0 Å². The maximum atomic E-state index is 7.08. The first-order valence-corrected chi connectivity index (χ1v) is 13.5. The van der Waals surface area contributed by atoms with Gasteiger partial charge in [0.05, 0.1) is 0 Å². The molecule has 2 bridgehead atoms. The zero-order valence-corrected chi connectivity index (χ0v) is 21.4. The molecule has 6 aromatic rings. The summed E-state index contributed by atoms with van der Waals surface area (Å²) in [4.78, 5) is 0. The lowest BCUT2D eigenvalue weighted by molar-refractivity contribution is -0.234. The minimum atomic E-state index is -0.840. The molecular weight excluding hydrogens is 464 g/mol. The third-order valence-electron chi connectivity index (χ3n) is 8.73. The Morgan fingerprint density at radius 1 is 0.605 bits per heavy atom. The SMILES string of the molecule is C=C1OC2(c3ccc4c(ccc5ccccc54)c3)CC(C)CC1(c1ccc3c(ccc4ccccc43)c1)O2. The van der Waals surface area contributed by atoms with E-state index in [4.69, 9.17) is 9.47 Å². The smallest absolute Gasteiger partial charge is 0.238 e. The minimum absolute atomic E-state index is 0.405. The summed E-state index contributed by atoms with van der Waals surface area (Å²) < 4.78 is 13.8. The summed E-state index contributed by atoms with van der Waals surface area (Å²) in [5.74, 6) is 0.274. The van der Waals surface area contributed by atoms with Crippen LogP contribution in [0.15, 0.2) is 122 Å². The second kappa shape index (κ2) is 7.69. The standard InChI is InChI=1S/C36H28O2/c1-23-21-35(29-15-17-33-27(19-29)13-11-25-7-3-5-9-31(25)33)24(2)37-36(22-23,38-35)30-16-18-34-28(20-30)14-12-26-8-4-6-10-32(26)34/h3-20,23H,2,21-22H2,1H3. The third-order valence-corrected chi connectivity index (χ3v) is 8.73. The van der Waals surface area contributed by atoms with Gasteiger partial charge in [-0.3, -0.25) is 0 Å². The zero-order valence-electron chi connectivity index (χ0n) is 21.4. The highest BCUT2D eigenvalue weighted by molar-refractivity contribution is 6.08. The van der Waals surface area contributed by atoms with Crippen LogP contribution in [0.1, 0.15) is 30.9 Å². The van der Waals surface area contributed by atoms with E-state index in [1.165, 1.54) is 43.1 Å². The summed E-state index contributed by atoms with van der Waals surface area (Å²) in [6.07, 6.45) is 1.65. The normalized spacial score (nSPS) is 24.9. The maximum absolute atomic E-state index is 7.08. The summed E-state index contributed by atoms with van der Waals surface area (Å²) >= 11 is 0. The molecule has 2 aliphatic rings. The number of fused-ring (bicyclic) bond motifs is 8. The Kier molecular flexibility index (Phi) is 4.43. The predicted molar refractivity (Wildman–Crippen MR) is 156 cm³/mol. The minimum Gasteiger partial charge on any atom is -0.459 e. The van der Waals surface area contributed by atoms with Crippen LogP contribution in [0.5, 0.6) is 0 Å². The van der Waals surface area contributed by atoms with Gasteiger partial charge in [0.25, 0.3) is 0 Å². The molecule has 0 saturated carbocycles. The van der Waals surface area contributed by atoms with Crippen molar-refractivity contribution in [3.05, 3.63) is 133 Å². The van der Waals surface area contributed by atoms with Crippen LogP contribution in [0.2, 0.25) is 0 Å². The number of hydrogen-bond acceptors (Lipinski definition) is 2. The summed E-state index contributed by atoms with van der Waals surface area (Å²) in [7, 11) is 0. The van der Waals surface area contributed by atoms with E-state index < -0.39 is 11.4 Å². The van der Waals surface area contributed by atoms with E-state index in [9.17, 15) is 0 Å². The van der Waals surface area contributed by atoms with Gasteiger partial charge in [-0.2, -0.15) is 0 Å². The summed E-state index contributed by atoms with van der Waals surface area (Å²) in [5, 5.41) is 9.95. The van der Waals surface area contributed by atoms with Crippen molar-refractivity contribution in [2.24, 2.45) is 5.92 Å². The fourth-order valence-electron chi connectivity index (χ4n) is 6.99. The Hall–Kier alpha value is -4.14. The molecule has 2 heterocycles. The molecule has 38 heavy (non-hydrogen) atoms. The Morgan fingerprint density at radius 3 is 1.79 bits per heavy atom.